The number of aryl methyl sites for hydroxylation is 3. The number of nitrogens with two attached hydrogens (primary N) is 1. The van der Waals surface area contributed by atoms with Crippen LogP contribution in [0, 0.1) is 20.8 Å². The molecule has 1 aromatic heterocycles. The van der Waals surface area contributed by atoms with Crippen LogP contribution < -0.4 is 10.5 Å². The Bertz CT molecular complexity index is 564. The highest BCUT2D eigenvalue weighted by Crippen LogP contribution is 2.26. The molecular weight excluding hydrogens is 224 g/mol. The van der Waals surface area contributed by atoms with Crippen molar-refractivity contribution in [2.45, 2.75) is 27.3 Å². The normalized spacial score (nSPS) is 10.4. The molecule has 2 aromatic rings. The van der Waals surface area contributed by atoms with E-state index < -0.39 is 0 Å². The van der Waals surface area contributed by atoms with Gasteiger partial charge in [-0.15, -0.1) is 0 Å². The van der Waals surface area contributed by atoms with E-state index in [9.17, 15) is 0 Å². The maximum Gasteiger partial charge on any atom is 0.135 e. The lowest BCUT2D eigenvalue weighted by Gasteiger charge is -2.11. The first kappa shape index (κ1) is 12.6. The van der Waals surface area contributed by atoms with Crippen LogP contribution in [0.25, 0.3) is 0 Å². The number of hydrogen-bond acceptors (Lipinski definition) is 3. The average molecular weight is 242 g/mol. The predicted octanol–water partition coefficient (Wildman–Crippen LogP) is 3.26. The van der Waals surface area contributed by atoms with Gasteiger partial charge in [0.05, 0.1) is 0 Å². The van der Waals surface area contributed by atoms with E-state index >= 15 is 0 Å². The molecule has 0 unspecified atom stereocenters. The van der Waals surface area contributed by atoms with Crippen molar-refractivity contribution in [3.63, 3.8) is 0 Å². The predicted molar refractivity (Wildman–Crippen MR) is 72.9 cm³/mol. The Hall–Kier alpha value is -1.87. The molecule has 0 amide bonds. The fraction of sp³-hybridized carbons (Fsp3) is 0.267. The highest BCUT2D eigenvalue weighted by Gasteiger charge is 2.06. The summed E-state index contributed by atoms with van der Waals surface area (Å²) >= 11 is 0. The van der Waals surface area contributed by atoms with Crippen molar-refractivity contribution in [3.05, 3.63) is 52.8 Å². The van der Waals surface area contributed by atoms with Gasteiger partial charge in [-0.2, -0.15) is 0 Å². The molecule has 0 aliphatic rings. The largest absolute Gasteiger partial charge is 0.457 e. The van der Waals surface area contributed by atoms with Crippen molar-refractivity contribution in [1.82, 2.24) is 4.98 Å². The lowest BCUT2D eigenvalue weighted by molar-refractivity contribution is 0.474. The zero-order valence-corrected chi connectivity index (χ0v) is 11.0. The zero-order valence-electron chi connectivity index (χ0n) is 11.0. The lowest BCUT2D eigenvalue weighted by atomic mass is 10.1. The number of rotatable bonds is 3. The van der Waals surface area contributed by atoms with E-state index in [4.69, 9.17) is 10.5 Å². The van der Waals surface area contributed by atoms with Crippen LogP contribution in [0.15, 0.2) is 30.5 Å². The maximum atomic E-state index is 5.90. The first-order valence-electron chi connectivity index (χ1n) is 6.01. The van der Waals surface area contributed by atoms with E-state index in [1.54, 1.807) is 6.20 Å². The van der Waals surface area contributed by atoms with Crippen LogP contribution in [0.1, 0.15) is 22.4 Å². The number of benzene rings is 1. The Morgan fingerprint density at radius 3 is 2.56 bits per heavy atom. The molecule has 94 valence electrons. The van der Waals surface area contributed by atoms with E-state index in [0.717, 1.165) is 22.8 Å². The minimum Gasteiger partial charge on any atom is -0.457 e. The molecule has 0 bridgehead atoms. The molecule has 0 aliphatic carbocycles. The second-order valence-corrected chi connectivity index (χ2v) is 4.49. The highest BCUT2D eigenvalue weighted by molar-refractivity contribution is 5.40. The summed E-state index contributed by atoms with van der Waals surface area (Å²) in [5.41, 5.74) is 10.00. The van der Waals surface area contributed by atoms with Crippen molar-refractivity contribution in [3.8, 4) is 11.5 Å². The van der Waals surface area contributed by atoms with Crippen molar-refractivity contribution in [2.24, 2.45) is 5.73 Å². The number of aromatic nitrogens is 1. The molecule has 1 aromatic carbocycles. The summed E-state index contributed by atoms with van der Waals surface area (Å²) in [6, 6.07) is 7.97. The van der Waals surface area contributed by atoms with E-state index in [1.165, 1.54) is 11.1 Å². The van der Waals surface area contributed by atoms with Crippen LogP contribution >= 0.6 is 0 Å². The molecule has 0 aliphatic heterocycles. The summed E-state index contributed by atoms with van der Waals surface area (Å²) < 4.78 is 5.90. The molecule has 0 spiro atoms. The van der Waals surface area contributed by atoms with Crippen molar-refractivity contribution in [2.75, 3.05) is 0 Å². The Morgan fingerprint density at radius 1 is 1.11 bits per heavy atom. The molecule has 3 nitrogen and oxygen atoms in total. The van der Waals surface area contributed by atoms with Gasteiger partial charge in [-0.1, -0.05) is 6.07 Å². The number of pyridine rings is 1. The first-order chi connectivity index (χ1) is 8.60. The van der Waals surface area contributed by atoms with Crippen LogP contribution in [0.5, 0.6) is 11.5 Å². The number of hydrogen-bond donors (Lipinski definition) is 1. The number of nitrogens with zero attached hydrogens (tertiary/aromatic N) is 1. The average Bonchev–Trinajstić information content (AvgIpc) is 2.34. The van der Waals surface area contributed by atoms with Crippen molar-refractivity contribution < 1.29 is 4.74 Å². The summed E-state index contributed by atoms with van der Waals surface area (Å²) in [5, 5.41) is 0. The zero-order chi connectivity index (χ0) is 13.1. The minimum absolute atomic E-state index is 0.424. The monoisotopic (exact) mass is 242 g/mol. The van der Waals surface area contributed by atoms with Gasteiger partial charge in [-0.3, -0.25) is 4.98 Å². The Morgan fingerprint density at radius 2 is 1.89 bits per heavy atom. The summed E-state index contributed by atoms with van der Waals surface area (Å²) in [6.07, 6.45) is 1.77. The Labute approximate surface area is 108 Å². The van der Waals surface area contributed by atoms with E-state index in [-0.39, 0.29) is 0 Å². The van der Waals surface area contributed by atoms with Crippen LogP contribution in [-0.4, -0.2) is 4.98 Å². The molecule has 2 N–H and O–H groups in total. The van der Waals surface area contributed by atoms with Crippen LogP contribution in [0.3, 0.4) is 0 Å². The van der Waals surface area contributed by atoms with E-state index in [0.29, 0.717) is 6.54 Å². The van der Waals surface area contributed by atoms with Crippen LogP contribution in [-0.2, 0) is 6.54 Å². The Balaban J connectivity index is 2.33. The van der Waals surface area contributed by atoms with Crippen LogP contribution in [0.4, 0.5) is 0 Å². The SMILES string of the molecule is Cc1cc(Oc2ccc(C)c(C)c2)c(CN)cn1. The van der Waals surface area contributed by atoms with Crippen molar-refractivity contribution >= 4 is 0 Å². The molecule has 0 radical (unpaired) electrons. The smallest absolute Gasteiger partial charge is 0.135 e. The fourth-order valence-electron chi connectivity index (χ4n) is 1.72. The fourth-order valence-corrected chi connectivity index (χ4v) is 1.72. The quantitative estimate of drug-likeness (QED) is 0.898. The minimum atomic E-state index is 0.424. The van der Waals surface area contributed by atoms with Gasteiger partial charge in [0, 0.05) is 30.1 Å². The molecule has 1 heterocycles. The Kier molecular flexibility index (Phi) is 3.63. The molecule has 0 saturated heterocycles. The lowest BCUT2D eigenvalue weighted by Crippen LogP contribution is -2.01. The van der Waals surface area contributed by atoms with E-state index in [2.05, 4.69) is 24.9 Å². The number of ether oxygens (including phenoxy) is 1. The van der Waals surface area contributed by atoms with Gasteiger partial charge in [0.25, 0.3) is 0 Å². The molecule has 0 saturated carbocycles. The van der Waals surface area contributed by atoms with Gasteiger partial charge in [0.15, 0.2) is 0 Å². The summed E-state index contributed by atoms with van der Waals surface area (Å²) in [7, 11) is 0. The van der Waals surface area contributed by atoms with Crippen LogP contribution in [0.2, 0.25) is 0 Å². The molecular formula is C15H18N2O. The van der Waals surface area contributed by atoms with Crippen molar-refractivity contribution in [1.29, 1.82) is 0 Å². The van der Waals surface area contributed by atoms with Gasteiger partial charge < -0.3 is 10.5 Å². The van der Waals surface area contributed by atoms with E-state index in [1.807, 2.05) is 25.1 Å². The maximum absolute atomic E-state index is 5.90. The molecule has 18 heavy (non-hydrogen) atoms. The molecule has 0 atom stereocenters. The first-order valence-corrected chi connectivity index (χ1v) is 6.01. The van der Waals surface area contributed by atoms with Gasteiger partial charge in [-0.25, -0.2) is 0 Å². The molecule has 0 fully saturated rings. The van der Waals surface area contributed by atoms with Gasteiger partial charge in [-0.05, 0) is 44.0 Å². The summed E-state index contributed by atoms with van der Waals surface area (Å²) in [6.45, 7) is 6.52. The topological polar surface area (TPSA) is 48.1 Å². The standard InChI is InChI=1S/C15H18N2O/c1-10-4-5-14(6-11(10)2)18-15-7-12(3)17-9-13(15)8-16/h4-7,9H,8,16H2,1-3H3. The highest BCUT2D eigenvalue weighted by atomic mass is 16.5. The second-order valence-electron chi connectivity index (χ2n) is 4.49. The third kappa shape index (κ3) is 2.68. The van der Waals surface area contributed by atoms with Gasteiger partial charge in [0.2, 0.25) is 0 Å². The third-order valence-electron chi connectivity index (χ3n) is 3.01. The summed E-state index contributed by atoms with van der Waals surface area (Å²) in [5.74, 6) is 1.62. The van der Waals surface area contributed by atoms with Gasteiger partial charge in [0.1, 0.15) is 11.5 Å². The third-order valence-corrected chi connectivity index (χ3v) is 3.01. The summed E-state index contributed by atoms with van der Waals surface area (Å²) in [4.78, 5) is 4.22. The second kappa shape index (κ2) is 5.19. The molecule has 2 rings (SSSR count). The van der Waals surface area contributed by atoms with Gasteiger partial charge >= 0.3 is 0 Å². The molecule has 3 heteroatoms.